The Bertz CT molecular complexity index is 301. The number of nitrogens with two attached hydrogens (primary N) is 1. The van der Waals surface area contributed by atoms with E-state index in [4.69, 9.17) is 10.6 Å². The summed E-state index contributed by atoms with van der Waals surface area (Å²) in [6.07, 6.45) is 1.82. The van der Waals surface area contributed by atoms with Gasteiger partial charge in [0.2, 0.25) is 0 Å². The first kappa shape index (κ1) is 12.9. The van der Waals surface area contributed by atoms with Crippen LogP contribution in [0.2, 0.25) is 0 Å². The van der Waals surface area contributed by atoms with E-state index in [0.29, 0.717) is 11.9 Å². The summed E-state index contributed by atoms with van der Waals surface area (Å²) in [7, 11) is 3.78. The maximum atomic E-state index is 5.25. The summed E-state index contributed by atoms with van der Waals surface area (Å²) < 4.78 is 5.12. The van der Waals surface area contributed by atoms with E-state index in [9.17, 15) is 0 Å². The number of hydrogen-bond acceptors (Lipinski definition) is 5. The molecule has 1 aromatic rings. The van der Waals surface area contributed by atoms with Crippen LogP contribution in [0.15, 0.2) is 18.3 Å². The van der Waals surface area contributed by atoms with Crippen LogP contribution in [-0.2, 0) is 11.3 Å². The van der Waals surface area contributed by atoms with Gasteiger partial charge in [0.15, 0.2) is 0 Å². The first-order valence-corrected chi connectivity index (χ1v) is 5.28. The predicted octanol–water partition coefficient (Wildman–Crippen LogP) is 0.834. The summed E-state index contributed by atoms with van der Waals surface area (Å²) in [5, 5.41) is 0. The minimum absolute atomic E-state index is 0.386. The van der Waals surface area contributed by atoms with Crippen LogP contribution >= 0.6 is 0 Å². The summed E-state index contributed by atoms with van der Waals surface area (Å²) in [6, 6.07) is 4.26. The van der Waals surface area contributed by atoms with Gasteiger partial charge >= 0.3 is 0 Å². The van der Waals surface area contributed by atoms with Crippen LogP contribution in [0.1, 0.15) is 12.5 Å². The second-order valence-corrected chi connectivity index (χ2v) is 3.92. The van der Waals surface area contributed by atoms with Crippen LogP contribution in [0.3, 0.4) is 0 Å². The number of rotatable bonds is 6. The fourth-order valence-electron chi connectivity index (χ4n) is 1.42. The molecule has 16 heavy (non-hydrogen) atoms. The summed E-state index contributed by atoms with van der Waals surface area (Å²) in [4.78, 5) is 6.38. The van der Waals surface area contributed by atoms with Gasteiger partial charge in [0.05, 0.1) is 6.61 Å². The number of nitrogens with zero attached hydrogens (tertiary/aromatic N) is 2. The zero-order valence-corrected chi connectivity index (χ0v) is 10.1. The molecule has 3 N–H and O–H groups in total. The standard InChI is InChI=1S/C11H20N4O/c1-9(8-16-3)15(2)7-10-4-5-11(14-12)13-6-10/h4-6,9H,7-8,12H2,1-3H3,(H,13,14). The van der Waals surface area contributed by atoms with E-state index in [2.05, 4.69) is 29.3 Å². The minimum Gasteiger partial charge on any atom is -0.383 e. The number of nitrogen functional groups attached to an aromatic ring is 1. The van der Waals surface area contributed by atoms with E-state index >= 15 is 0 Å². The number of aromatic nitrogens is 1. The molecule has 5 nitrogen and oxygen atoms in total. The Balaban J connectivity index is 2.52. The Morgan fingerprint density at radius 2 is 2.31 bits per heavy atom. The van der Waals surface area contributed by atoms with Crippen molar-refractivity contribution in [1.82, 2.24) is 9.88 Å². The largest absolute Gasteiger partial charge is 0.383 e. The molecule has 0 spiro atoms. The molecule has 1 unspecified atom stereocenters. The second kappa shape index (κ2) is 6.42. The third-order valence-electron chi connectivity index (χ3n) is 2.56. The van der Waals surface area contributed by atoms with E-state index in [1.165, 1.54) is 0 Å². The van der Waals surface area contributed by atoms with Crippen molar-refractivity contribution in [2.24, 2.45) is 5.84 Å². The predicted molar refractivity (Wildman–Crippen MR) is 64.9 cm³/mol. The van der Waals surface area contributed by atoms with Crippen LogP contribution in [0, 0.1) is 0 Å². The molecule has 0 bridgehead atoms. The average molecular weight is 224 g/mol. The summed E-state index contributed by atoms with van der Waals surface area (Å²) in [5.74, 6) is 5.93. The third-order valence-corrected chi connectivity index (χ3v) is 2.56. The van der Waals surface area contributed by atoms with Crippen molar-refractivity contribution in [3.05, 3.63) is 23.9 Å². The molecule has 0 saturated carbocycles. The lowest BCUT2D eigenvalue weighted by atomic mass is 10.2. The zero-order chi connectivity index (χ0) is 12.0. The highest BCUT2D eigenvalue weighted by molar-refractivity contribution is 5.33. The Kier molecular flexibility index (Phi) is 5.18. The summed E-state index contributed by atoms with van der Waals surface area (Å²) in [5.41, 5.74) is 3.66. The van der Waals surface area contributed by atoms with Crippen molar-refractivity contribution in [2.45, 2.75) is 19.5 Å². The molecule has 0 aliphatic rings. The van der Waals surface area contributed by atoms with Crippen molar-refractivity contribution < 1.29 is 4.74 Å². The monoisotopic (exact) mass is 224 g/mol. The molecule has 0 saturated heterocycles. The average Bonchev–Trinajstić information content (AvgIpc) is 2.30. The van der Waals surface area contributed by atoms with Crippen LogP contribution in [-0.4, -0.2) is 36.7 Å². The van der Waals surface area contributed by atoms with Gasteiger partial charge in [-0.05, 0) is 25.6 Å². The lowest BCUT2D eigenvalue weighted by Crippen LogP contribution is -2.32. The van der Waals surface area contributed by atoms with Gasteiger partial charge in [-0.25, -0.2) is 10.8 Å². The Morgan fingerprint density at radius 3 is 2.81 bits per heavy atom. The molecule has 1 rings (SSSR count). The molecule has 0 amide bonds. The van der Waals surface area contributed by atoms with Gasteiger partial charge in [0, 0.05) is 25.9 Å². The van der Waals surface area contributed by atoms with Gasteiger partial charge in [-0.1, -0.05) is 6.07 Å². The second-order valence-electron chi connectivity index (χ2n) is 3.92. The number of pyridine rings is 1. The fraction of sp³-hybridized carbons (Fsp3) is 0.545. The lowest BCUT2D eigenvalue weighted by Gasteiger charge is -2.23. The first-order valence-electron chi connectivity index (χ1n) is 5.28. The quantitative estimate of drug-likeness (QED) is 0.553. The summed E-state index contributed by atoms with van der Waals surface area (Å²) in [6.45, 7) is 3.71. The lowest BCUT2D eigenvalue weighted by molar-refractivity contribution is 0.112. The fourth-order valence-corrected chi connectivity index (χ4v) is 1.42. The molecule has 1 aromatic heterocycles. The molecule has 1 heterocycles. The Hall–Kier alpha value is -1.17. The molecule has 0 fully saturated rings. The first-order chi connectivity index (χ1) is 7.67. The Labute approximate surface area is 96.6 Å². The maximum Gasteiger partial charge on any atom is 0.139 e. The molecular formula is C11H20N4O. The van der Waals surface area contributed by atoms with Crippen molar-refractivity contribution in [3.63, 3.8) is 0 Å². The van der Waals surface area contributed by atoms with Crippen LogP contribution in [0.4, 0.5) is 5.82 Å². The van der Waals surface area contributed by atoms with Crippen molar-refractivity contribution >= 4 is 5.82 Å². The number of nitrogens with one attached hydrogen (secondary N) is 1. The molecule has 90 valence electrons. The molecule has 0 aliphatic carbocycles. The van der Waals surface area contributed by atoms with Gasteiger partial charge in [0.1, 0.15) is 5.82 Å². The normalized spacial score (nSPS) is 12.8. The van der Waals surface area contributed by atoms with E-state index in [1.807, 2.05) is 18.3 Å². The zero-order valence-electron chi connectivity index (χ0n) is 10.1. The van der Waals surface area contributed by atoms with Gasteiger partial charge in [-0.3, -0.25) is 4.90 Å². The number of hydrogen-bond donors (Lipinski definition) is 2. The van der Waals surface area contributed by atoms with E-state index in [1.54, 1.807) is 7.11 Å². The van der Waals surface area contributed by atoms with Crippen LogP contribution < -0.4 is 11.3 Å². The van der Waals surface area contributed by atoms with Crippen molar-refractivity contribution in [1.29, 1.82) is 0 Å². The SMILES string of the molecule is COCC(C)N(C)Cc1ccc(NN)nc1. The third kappa shape index (κ3) is 3.77. The van der Waals surface area contributed by atoms with Crippen molar-refractivity contribution in [2.75, 3.05) is 26.2 Å². The summed E-state index contributed by atoms with van der Waals surface area (Å²) >= 11 is 0. The Morgan fingerprint density at radius 1 is 1.56 bits per heavy atom. The molecule has 0 aliphatic heterocycles. The topological polar surface area (TPSA) is 63.4 Å². The van der Waals surface area contributed by atoms with Crippen LogP contribution in [0.25, 0.3) is 0 Å². The molecule has 5 heteroatoms. The highest BCUT2D eigenvalue weighted by Gasteiger charge is 2.09. The van der Waals surface area contributed by atoms with Crippen LogP contribution in [0.5, 0.6) is 0 Å². The molecule has 0 radical (unpaired) electrons. The number of likely N-dealkylation sites (N-methyl/N-ethyl adjacent to an activating group) is 1. The van der Waals surface area contributed by atoms with Crippen molar-refractivity contribution in [3.8, 4) is 0 Å². The minimum atomic E-state index is 0.386. The molecular weight excluding hydrogens is 204 g/mol. The molecule has 1 atom stereocenters. The van der Waals surface area contributed by atoms with E-state index < -0.39 is 0 Å². The highest BCUT2D eigenvalue weighted by Crippen LogP contribution is 2.08. The van der Waals surface area contributed by atoms with E-state index in [-0.39, 0.29) is 0 Å². The van der Waals surface area contributed by atoms with E-state index in [0.717, 1.165) is 18.7 Å². The smallest absolute Gasteiger partial charge is 0.139 e. The number of hydrazine groups is 1. The van der Waals surface area contributed by atoms with Gasteiger partial charge in [-0.2, -0.15) is 0 Å². The van der Waals surface area contributed by atoms with Gasteiger partial charge in [0.25, 0.3) is 0 Å². The highest BCUT2D eigenvalue weighted by atomic mass is 16.5. The number of anilines is 1. The number of ether oxygens (including phenoxy) is 1. The molecule has 0 aromatic carbocycles. The maximum absolute atomic E-state index is 5.25. The van der Waals surface area contributed by atoms with Gasteiger partial charge in [-0.15, -0.1) is 0 Å². The van der Waals surface area contributed by atoms with Gasteiger partial charge < -0.3 is 10.2 Å². The number of methoxy groups -OCH3 is 1.